The first-order valence-corrected chi connectivity index (χ1v) is 3.83. The van der Waals surface area contributed by atoms with Crippen LogP contribution >= 0.6 is 10.8 Å². The molecule has 0 heterocycles. The molecule has 1 aliphatic carbocycles. The van der Waals surface area contributed by atoms with Crippen molar-refractivity contribution < 1.29 is 8.74 Å². The normalized spacial score (nSPS) is 28.1. The highest BCUT2D eigenvalue weighted by atomic mass is 32.3. The molecule has 0 radical (unpaired) electrons. The predicted octanol–water partition coefficient (Wildman–Crippen LogP) is 0.987. The Labute approximate surface area is 50.0 Å². The maximum atomic E-state index is 9.03. The zero-order valence-corrected chi connectivity index (χ0v) is 5.44. The molecule has 4 heteroatoms. The molecule has 0 fully saturated rings. The summed E-state index contributed by atoms with van der Waals surface area (Å²) >= 11 is 0. The van der Waals surface area contributed by atoms with Gasteiger partial charge in [-0.3, -0.25) is 8.74 Å². The first-order valence-electron chi connectivity index (χ1n) is 2.25. The molecule has 0 spiro atoms. The summed E-state index contributed by atoms with van der Waals surface area (Å²) in [6.45, 7) is 0. The van der Waals surface area contributed by atoms with Crippen molar-refractivity contribution in [3.63, 3.8) is 0 Å². The molecular formula is C4H9NO2S. The monoisotopic (exact) mass is 135 g/mol. The van der Waals surface area contributed by atoms with Gasteiger partial charge in [0.05, 0.1) is 12.0 Å². The van der Waals surface area contributed by atoms with E-state index in [1.54, 1.807) is 0 Å². The van der Waals surface area contributed by atoms with Crippen molar-refractivity contribution in [2.75, 3.05) is 7.11 Å². The van der Waals surface area contributed by atoms with Crippen LogP contribution in [0.25, 0.3) is 0 Å². The molecule has 1 rings (SSSR count). The lowest BCUT2D eigenvalue weighted by atomic mass is 10.9. The van der Waals surface area contributed by atoms with Crippen LogP contribution in [-0.2, 0) is 4.18 Å². The minimum absolute atomic E-state index is 0.816. The molecule has 3 nitrogen and oxygen atoms in total. The Morgan fingerprint density at radius 1 is 2.00 bits per heavy atom. The summed E-state index contributed by atoms with van der Waals surface area (Å²) in [4.78, 5) is 0.847. The van der Waals surface area contributed by atoms with Crippen LogP contribution in [0.2, 0.25) is 0 Å². The second kappa shape index (κ2) is 1.73. The fraction of sp³-hybridized carbons (Fsp3) is 0.500. The van der Waals surface area contributed by atoms with Crippen molar-refractivity contribution in [2.45, 2.75) is 6.42 Å². The number of hydrogen-bond donors (Lipinski definition) is 2. The Hall–Kier alpha value is -0.0300. The summed E-state index contributed by atoms with van der Waals surface area (Å²) < 4.78 is 13.6. The number of rotatable bonds is 2. The molecule has 48 valence electrons. The zero-order valence-electron chi connectivity index (χ0n) is 4.63. The largest absolute Gasteiger partial charge is 0.282 e. The quantitative estimate of drug-likeness (QED) is 0.593. The minimum atomic E-state index is -2.26. The summed E-state index contributed by atoms with van der Waals surface area (Å²) in [7, 11) is -0.853. The minimum Gasteiger partial charge on any atom is -0.282 e. The lowest BCUT2D eigenvalue weighted by Gasteiger charge is -2.28. The van der Waals surface area contributed by atoms with E-state index in [1.165, 1.54) is 7.11 Å². The van der Waals surface area contributed by atoms with Crippen molar-refractivity contribution in [1.29, 1.82) is 0 Å². The van der Waals surface area contributed by atoms with Crippen LogP contribution in [0.1, 0.15) is 6.42 Å². The smallest absolute Gasteiger partial charge is 0.0623 e. The highest BCUT2D eigenvalue weighted by molar-refractivity contribution is 8.26. The van der Waals surface area contributed by atoms with Crippen LogP contribution in [0.5, 0.6) is 0 Å². The van der Waals surface area contributed by atoms with Crippen molar-refractivity contribution in [3.05, 3.63) is 11.0 Å². The third-order valence-corrected chi connectivity index (χ3v) is 2.59. The summed E-state index contributed by atoms with van der Waals surface area (Å²) in [5.74, 6) is 0. The van der Waals surface area contributed by atoms with E-state index in [4.69, 9.17) is 9.69 Å². The number of nitrogens with two attached hydrogens (primary N) is 1. The molecule has 8 heavy (non-hydrogen) atoms. The predicted molar refractivity (Wildman–Crippen MR) is 34.1 cm³/mol. The van der Waals surface area contributed by atoms with Crippen molar-refractivity contribution in [1.82, 2.24) is 0 Å². The second-order valence-electron chi connectivity index (χ2n) is 1.61. The van der Waals surface area contributed by atoms with Gasteiger partial charge in [0.1, 0.15) is 0 Å². The van der Waals surface area contributed by atoms with E-state index < -0.39 is 10.8 Å². The number of hydrogen-bond acceptors (Lipinski definition) is 3. The van der Waals surface area contributed by atoms with Crippen LogP contribution in [0, 0.1) is 0 Å². The molecule has 0 aromatic rings. The summed E-state index contributed by atoms with van der Waals surface area (Å²) in [6.07, 6.45) is 2.68. The Morgan fingerprint density at radius 3 is 2.62 bits per heavy atom. The highest BCUT2D eigenvalue weighted by Crippen LogP contribution is 2.52. The van der Waals surface area contributed by atoms with Gasteiger partial charge in [-0.25, -0.2) is 5.14 Å². The Morgan fingerprint density at radius 2 is 2.50 bits per heavy atom. The van der Waals surface area contributed by atoms with Gasteiger partial charge in [-0.2, -0.15) is 0 Å². The molecular weight excluding hydrogens is 126 g/mol. The molecule has 1 aliphatic rings. The molecule has 0 aromatic carbocycles. The SMILES string of the molecule is COS(N)(O)C1=CC1. The summed E-state index contributed by atoms with van der Waals surface area (Å²) in [5, 5.41) is 5.27. The standard InChI is InChI=1S/C4H9NO2S/c1-7-8(5,6)4-2-3-4/h2,6H,3,5H2,1H3. The topological polar surface area (TPSA) is 55.5 Å². The van der Waals surface area contributed by atoms with Gasteiger partial charge in [0, 0.05) is 6.42 Å². The van der Waals surface area contributed by atoms with Gasteiger partial charge in [0.25, 0.3) is 0 Å². The highest BCUT2D eigenvalue weighted by Gasteiger charge is 2.22. The molecule has 0 aliphatic heterocycles. The maximum absolute atomic E-state index is 9.03. The van der Waals surface area contributed by atoms with Gasteiger partial charge in [-0.15, -0.1) is 10.8 Å². The van der Waals surface area contributed by atoms with Gasteiger partial charge in [0.15, 0.2) is 0 Å². The lowest BCUT2D eigenvalue weighted by Crippen LogP contribution is -2.09. The molecule has 0 bridgehead atoms. The molecule has 3 N–H and O–H groups in total. The molecule has 1 unspecified atom stereocenters. The number of allylic oxidation sites excluding steroid dienone is 2. The average molecular weight is 135 g/mol. The Bertz CT molecular complexity index is 132. The lowest BCUT2D eigenvalue weighted by molar-refractivity contribution is 0.404. The molecule has 0 saturated heterocycles. The van der Waals surface area contributed by atoms with E-state index in [0.29, 0.717) is 0 Å². The van der Waals surface area contributed by atoms with Crippen LogP contribution in [-0.4, -0.2) is 11.7 Å². The van der Waals surface area contributed by atoms with Crippen LogP contribution in [0.15, 0.2) is 11.0 Å². The van der Waals surface area contributed by atoms with Crippen LogP contribution in [0.3, 0.4) is 0 Å². The van der Waals surface area contributed by atoms with Crippen molar-refractivity contribution in [2.24, 2.45) is 5.14 Å². The first-order chi connectivity index (χ1) is 3.67. The summed E-state index contributed by atoms with van der Waals surface area (Å²) in [6, 6.07) is 0. The fourth-order valence-corrected chi connectivity index (χ4v) is 1.16. The Balaban J connectivity index is 2.50. The first kappa shape index (κ1) is 6.10. The van der Waals surface area contributed by atoms with Crippen molar-refractivity contribution >= 4 is 10.8 Å². The van der Waals surface area contributed by atoms with Crippen LogP contribution in [0.4, 0.5) is 0 Å². The molecule has 0 amide bonds. The van der Waals surface area contributed by atoms with E-state index in [-0.39, 0.29) is 0 Å². The summed E-state index contributed by atoms with van der Waals surface area (Å²) in [5.41, 5.74) is 0. The fourth-order valence-electron chi connectivity index (χ4n) is 0.388. The molecule has 0 aromatic heterocycles. The van der Waals surface area contributed by atoms with Gasteiger partial charge >= 0.3 is 0 Å². The van der Waals surface area contributed by atoms with Crippen molar-refractivity contribution in [3.8, 4) is 0 Å². The van der Waals surface area contributed by atoms with Gasteiger partial charge in [-0.1, -0.05) is 6.08 Å². The third kappa shape index (κ3) is 1.03. The van der Waals surface area contributed by atoms with E-state index in [9.17, 15) is 0 Å². The Kier molecular flexibility index (Phi) is 1.32. The molecule has 0 saturated carbocycles. The van der Waals surface area contributed by atoms with Gasteiger partial charge in [0.2, 0.25) is 0 Å². The van der Waals surface area contributed by atoms with Gasteiger partial charge in [-0.05, 0) is 0 Å². The third-order valence-electron chi connectivity index (χ3n) is 1.00. The maximum Gasteiger partial charge on any atom is 0.0623 e. The van der Waals surface area contributed by atoms with E-state index in [1.807, 2.05) is 6.08 Å². The van der Waals surface area contributed by atoms with E-state index in [0.717, 1.165) is 11.3 Å². The molecule has 1 atom stereocenters. The van der Waals surface area contributed by atoms with Gasteiger partial charge < -0.3 is 0 Å². The average Bonchev–Trinajstić information content (AvgIpc) is 2.44. The second-order valence-corrected chi connectivity index (χ2v) is 3.60. The van der Waals surface area contributed by atoms with E-state index in [2.05, 4.69) is 4.18 Å². The van der Waals surface area contributed by atoms with Crippen LogP contribution < -0.4 is 5.14 Å². The zero-order chi connectivity index (χ0) is 6.20. The van der Waals surface area contributed by atoms with E-state index >= 15 is 0 Å².